The predicted molar refractivity (Wildman–Crippen MR) is 90.8 cm³/mol. The van der Waals surface area contributed by atoms with Gasteiger partial charge in [0.1, 0.15) is 11.9 Å². The number of ether oxygens (including phenoxy) is 2. The van der Waals surface area contributed by atoms with Crippen molar-refractivity contribution < 1.29 is 32.3 Å². The van der Waals surface area contributed by atoms with Crippen LogP contribution < -0.4 is 9.47 Å². The van der Waals surface area contributed by atoms with Crippen molar-refractivity contribution in [3.63, 3.8) is 0 Å². The highest BCUT2D eigenvalue weighted by atomic mass is 35.5. The Hall–Kier alpha value is -2.45. The van der Waals surface area contributed by atoms with Gasteiger partial charge < -0.3 is 14.3 Å². The molecule has 9 heteroatoms. The van der Waals surface area contributed by atoms with E-state index in [0.29, 0.717) is 22.3 Å². The molecule has 0 unspecified atom stereocenters. The van der Waals surface area contributed by atoms with E-state index in [1.165, 1.54) is 0 Å². The normalized spacial score (nSPS) is 15.1. The Morgan fingerprint density at radius 1 is 1.11 bits per heavy atom. The zero-order valence-corrected chi connectivity index (χ0v) is 14.9. The minimum Gasteiger partial charge on any atom is -0.484 e. The summed E-state index contributed by atoms with van der Waals surface area (Å²) >= 11 is 6.00. The van der Waals surface area contributed by atoms with E-state index in [2.05, 4.69) is 4.84 Å². The second-order valence-corrected chi connectivity index (χ2v) is 6.36. The van der Waals surface area contributed by atoms with Crippen molar-refractivity contribution in [1.29, 1.82) is 0 Å². The van der Waals surface area contributed by atoms with Gasteiger partial charge in [-0.15, -0.1) is 5.06 Å². The number of benzene rings is 2. The van der Waals surface area contributed by atoms with E-state index in [0.717, 1.165) is 10.6 Å². The summed E-state index contributed by atoms with van der Waals surface area (Å²) in [6.45, 7) is 1.89. The Morgan fingerprint density at radius 3 is 2.48 bits per heavy atom. The number of hydroxylamine groups is 2. The van der Waals surface area contributed by atoms with Crippen molar-refractivity contribution in [2.24, 2.45) is 0 Å². The Balaban J connectivity index is 1.64. The predicted octanol–water partition coefficient (Wildman–Crippen LogP) is 4.52. The average Bonchev–Trinajstić information content (AvgIpc) is 2.56. The lowest BCUT2D eigenvalue weighted by molar-refractivity contribution is -0.262. The fraction of sp³-hybridized carbons (Fsp3) is 0.278. The average molecular weight is 402 g/mol. The molecule has 1 saturated heterocycles. The number of para-hydroxylation sites is 1. The van der Waals surface area contributed by atoms with Gasteiger partial charge in [-0.2, -0.15) is 13.2 Å². The minimum absolute atomic E-state index is 0.00185. The van der Waals surface area contributed by atoms with Gasteiger partial charge in [0, 0.05) is 11.1 Å². The molecule has 0 atom stereocenters. The lowest BCUT2D eigenvalue weighted by atomic mass is 10.2. The van der Waals surface area contributed by atoms with Crippen LogP contribution >= 0.6 is 11.6 Å². The maximum absolute atomic E-state index is 12.2. The molecule has 144 valence electrons. The van der Waals surface area contributed by atoms with Gasteiger partial charge in [0.05, 0.1) is 13.1 Å². The highest BCUT2D eigenvalue weighted by Gasteiger charge is 2.44. The van der Waals surface area contributed by atoms with Crippen LogP contribution in [0.2, 0.25) is 5.02 Å². The second kappa shape index (κ2) is 7.66. The number of rotatable bonds is 5. The lowest BCUT2D eigenvalue weighted by Crippen LogP contribution is -2.55. The number of alkyl halides is 3. The van der Waals surface area contributed by atoms with Crippen LogP contribution in [0.4, 0.5) is 13.2 Å². The molecule has 1 aliphatic heterocycles. The van der Waals surface area contributed by atoms with Gasteiger partial charge in [-0.3, -0.25) is 0 Å². The monoisotopic (exact) mass is 401 g/mol. The maximum atomic E-state index is 12.2. The molecule has 0 aliphatic carbocycles. The van der Waals surface area contributed by atoms with Crippen LogP contribution in [0, 0.1) is 6.92 Å². The molecule has 3 rings (SSSR count). The summed E-state index contributed by atoms with van der Waals surface area (Å²) in [5.41, 5.74) is 0.923. The fourth-order valence-electron chi connectivity index (χ4n) is 2.35. The molecule has 0 aromatic heterocycles. The molecule has 0 N–H and O–H groups in total. The molecule has 1 heterocycles. The van der Waals surface area contributed by atoms with E-state index in [1.54, 1.807) is 24.3 Å². The van der Waals surface area contributed by atoms with Gasteiger partial charge in [-0.05, 0) is 30.7 Å². The molecule has 1 aliphatic rings. The third kappa shape index (κ3) is 4.84. The summed E-state index contributed by atoms with van der Waals surface area (Å²) in [6, 6.07) is 12.2. The third-order valence-corrected chi connectivity index (χ3v) is 4.01. The van der Waals surface area contributed by atoms with E-state index >= 15 is 0 Å². The topological polar surface area (TPSA) is 48.0 Å². The third-order valence-electron chi connectivity index (χ3n) is 3.77. The first-order valence-corrected chi connectivity index (χ1v) is 8.34. The summed E-state index contributed by atoms with van der Waals surface area (Å²) in [4.78, 5) is 15.0. The largest absolute Gasteiger partial charge is 0.492 e. The molecule has 0 amide bonds. The quantitative estimate of drug-likeness (QED) is 0.737. The van der Waals surface area contributed by atoms with E-state index in [9.17, 15) is 18.0 Å². The van der Waals surface area contributed by atoms with Crippen LogP contribution in [0.15, 0.2) is 42.5 Å². The standard InChI is InChI=1S/C18H15ClF3NO4/c1-11-4-2-3-5-14(11)26-15-7-6-12(19)8-16(15)25-13-9-23(10-13)27-17(24)18(20,21)22/h2-8,13H,9-10H2,1H3. The number of hydrogen-bond acceptors (Lipinski definition) is 5. The van der Waals surface area contributed by atoms with Gasteiger partial charge in [-0.25, -0.2) is 4.79 Å². The smallest absolute Gasteiger partial charge is 0.484 e. The van der Waals surface area contributed by atoms with E-state index < -0.39 is 18.2 Å². The Morgan fingerprint density at radius 2 is 1.81 bits per heavy atom. The highest BCUT2D eigenvalue weighted by molar-refractivity contribution is 6.30. The summed E-state index contributed by atoms with van der Waals surface area (Å²) in [5.74, 6) is -0.858. The molecule has 1 fully saturated rings. The van der Waals surface area contributed by atoms with Crippen LogP contribution in [0.5, 0.6) is 17.2 Å². The van der Waals surface area contributed by atoms with E-state index in [1.807, 2.05) is 25.1 Å². The molecule has 0 saturated carbocycles. The zero-order valence-electron chi connectivity index (χ0n) is 14.1. The fourth-order valence-corrected chi connectivity index (χ4v) is 2.51. The first kappa shape index (κ1) is 19.3. The van der Waals surface area contributed by atoms with Gasteiger partial charge in [-0.1, -0.05) is 29.8 Å². The summed E-state index contributed by atoms with van der Waals surface area (Å²) in [5, 5.41) is 1.30. The Bertz CT molecular complexity index is 838. The van der Waals surface area contributed by atoms with Crippen molar-refractivity contribution in [2.75, 3.05) is 13.1 Å². The Labute approximate surface area is 158 Å². The van der Waals surface area contributed by atoms with Crippen LogP contribution in [0.3, 0.4) is 0 Å². The van der Waals surface area contributed by atoms with Crippen molar-refractivity contribution in [3.8, 4) is 17.2 Å². The molecule has 27 heavy (non-hydrogen) atoms. The van der Waals surface area contributed by atoms with Gasteiger partial charge in [0.25, 0.3) is 0 Å². The SMILES string of the molecule is Cc1ccccc1Oc1ccc(Cl)cc1OC1CN(OC(=O)C(F)(F)F)C1. The lowest BCUT2D eigenvalue weighted by Gasteiger charge is -2.37. The molecule has 0 bridgehead atoms. The molecule has 2 aromatic rings. The van der Waals surface area contributed by atoms with E-state index in [-0.39, 0.29) is 13.1 Å². The number of carbonyl (C=O) groups is 1. The number of nitrogens with zero attached hydrogens (tertiary/aromatic N) is 1. The number of hydrogen-bond donors (Lipinski definition) is 0. The molecular weight excluding hydrogens is 387 g/mol. The molecule has 2 aromatic carbocycles. The maximum Gasteiger partial charge on any atom is 0.492 e. The summed E-state index contributed by atoms with van der Waals surface area (Å²) in [7, 11) is 0. The second-order valence-electron chi connectivity index (χ2n) is 5.92. The van der Waals surface area contributed by atoms with Crippen LogP contribution in [-0.2, 0) is 9.63 Å². The van der Waals surface area contributed by atoms with E-state index in [4.69, 9.17) is 21.1 Å². The van der Waals surface area contributed by atoms with Gasteiger partial charge in [0.2, 0.25) is 0 Å². The van der Waals surface area contributed by atoms with Crippen LogP contribution in [0.1, 0.15) is 5.56 Å². The number of halogens is 4. The molecule has 5 nitrogen and oxygen atoms in total. The summed E-state index contributed by atoms with van der Waals surface area (Å²) < 4.78 is 48.2. The molecule has 0 spiro atoms. The van der Waals surface area contributed by atoms with Crippen molar-refractivity contribution >= 4 is 17.6 Å². The van der Waals surface area contributed by atoms with Crippen LogP contribution in [0.25, 0.3) is 0 Å². The first-order valence-electron chi connectivity index (χ1n) is 7.96. The summed E-state index contributed by atoms with van der Waals surface area (Å²) in [6.07, 6.45) is -5.50. The Kier molecular flexibility index (Phi) is 5.48. The van der Waals surface area contributed by atoms with Gasteiger partial charge >= 0.3 is 12.1 Å². The van der Waals surface area contributed by atoms with Gasteiger partial charge in [0.15, 0.2) is 11.5 Å². The zero-order chi connectivity index (χ0) is 19.6. The highest BCUT2D eigenvalue weighted by Crippen LogP contribution is 2.36. The number of carbonyl (C=O) groups excluding carboxylic acids is 1. The molecule has 0 radical (unpaired) electrons. The number of aryl methyl sites for hydroxylation is 1. The van der Waals surface area contributed by atoms with Crippen molar-refractivity contribution in [1.82, 2.24) is 5.06 Å². The van der Waals surface area contributed by atoms with Crippen LogP contribution in [-0.4, -0.2) is 36.4 Å². The molecular formula is C18H15ClF3NO4. The first-order chi connectivity index (χ1) is 12.7. The van der Waals surface area contributed by atoms with Crippen molar-refractivity contribution in [2.45, 2.75) is 19.2 Å². The van der Waals surface area contributed by atoms with Crippen molar-refractivity contribution in [3.05, 3.63) is 53.1 Å². The minimum atomic E-state index is -5.03.